The van der Waals surface area contributed by atoms with Crippen LogP contribution < -0.4 is 0 Å². The smallest absolute Gasteiger partial charge is 0.312 e. The van der Waals surface area contributed by atoms with E-state index in [1.54, 1.807) is 0 Å². The second-order valence-electron chi connectivity index (χ2n) is 10.5. The standard InChI is InChI=1S/C20H30O4/c1-18(2,3)9-20(10-19(20,4)5)17(22)24-14-7-11-6-12(14)15-13(11)8-23-16(15)21/h11-15H,6-10H2,1-5H3. The summed E-state index contributed by atoms with van der Waals surface area (Å²) >= 11 is 0. The normalized spacial score (nSPS) is 45.0. The molecule has 0 aromatic heterocycles. The lowest BCUT2D eigenvalue weighted by molar-refractivity contribution is -0.164. The van der Waals surface area contributed by atoms with E-state index in [-0.39, 0.29) is 46.1 Å². The third kappa shape index (κ3) is 2.24. The summed E-state index contributed by atoms with van der Waals surface area (Å²) in [5.41, 5.74) is -0.228. The third-order valence-electron chi connectivity index (χ3n) is 7.20. The fourth-order valence-corrected chi connectivity index (χ4v) is 6.00. The van der Waals surface area contributed by atoms with Gasteiger partial charge >= 0.3 is 11.9 Å². The maximum Gasteiger partial charge on any atom is 0.312 e. The summed E-state index contributed by atoms with van der Waals surface area (Å²) in [5, 5.41) is 0. The lowest BCUT2D eigenvalue weighted by Crippen LogP contribution is -2.38. The molecule has 0 aromatic rings. The zero-order valence-electron chi connectivity index (χ0n) is 15.6. The Kier molecular flexibility index (Phi) is 3.26. The highest BCUT2D eigenvalue weighted by atomic mass is 16.6. The van der Waals surface area contributed by atoms with Gasteiger partial charge in [-0.05, 0) is 42.4 Å². The lowest BCUT2D eigenvalue weighted by Gasteiger charge is -2.32. The molecule has 4 heteroatoms. The second-order valence-corrected chi connectivity index (χ2v) is 10.5. The van der Waals surface area contributed by atoms with Crippen LogP contribution in [-0.2, 0) is 19.1 Å². The topological polar surface area (TPSA) is 52.6 Å². The number of fused-ring (bicyclic) bond motifs is 5. The molecule has 0 aromatic carbocycles. The minimum absolute atomic E-state index is 0.0177. The van der Waals surface area contributed by atoms with Crippen LogP contribution in [0.3, 0.4) is 0 Å². The number of cyclic esters (lactones) is 1. The molecule has 4 rings (SSSR count). The van der Waals surface area contributed by atoms with Crippen LogP contribution in [0.4, 0.5) is 0 Å². The van der Waals surface area contributed by atoms with Gasteiger partial charge in [0, 0.05) is 11.8 Å². The van der Waals surface area contributed by atoms with Crippen LogP contribution in [0.1, 0.15) is 60.3 Å². The summed E-state index contributed by atoms with van der Waals surface area (Å²) in [4.78, 5) is 25.1. The van der Waals surface area contributed by atoms with Crippen LogP contribution in [-0.4, -0.2) is 24.6 Å². The Labute approximate surface area is 144 Å². The Morgan fingerprint density at radius 2 is 1.92 bits per heavy atom. The Balaban J connectivity index is 1.48. The van der Waals surface area contributed by atoms with Crippen LogP contribution in [0, 0.1) is 39.9 Å². The fraction of sp³-hybridized carbons (Fsp3) is 0.900. The van der Waals surface area contributed by atoms with Gasteiger partial charge in [0.1, 0.15) is 6.10 Å². The summed E-state index contributed by atoms with van der Waals surface area (Å²) in [6, 6.07) is 0. The monoisotopic (exact) mass is 334 g/mol. The van der Waals surface area contributed by atoms with Gasteiger partial charge in [0.15, 0.2) is 0 Å². The maximum absolute atomic E-state index is 13.1. The molecule has 2 bridgehead atoms. The molecule has 1 aliphatic heterocycles. The largest absolute Gasteiger partial charge is 0.465 e. The minimum Gasteiger partial charge on any atom is -0.465 e. The minimum atomic E-state index is -0.345. The summed E-state index contributed by atoms with van der Waals surface area (Å²) in [7, 11) is 0. The number of carbonyl (C=O) groups is 2. The molecule has 4 fully saturated rings. The predicted octanol–water partition coefficient (Wildman–Crippen LogP) is 3.58. The molecule has 4 aliphatic rings. The van der Waals surface area contributed by atoms with E-state index in [0.29, 0.717) is 18.4 Å². The van der Waals surface area contributed by atoms with Crippen molar-refractivity contribution in [2.75, 3.05) is 6.61 Å². The van der Waals surface area contributed by atoms with Crippen molar-refractivity contribution in [1.29, 1.82) is 0 Å². The zero-order valence-corrected chi connectivity index (χ0v) is 15.6. The summed E-state index contributed by atoms with van der Waals surface area (Å²) in [6.07, 6.45) is 3.63. The van der Waals surface area contributed by atoms with Crippen molar-refractivity contribution in [1.82, 2.24) is 0 Å². The molecule has 1 heterocycles. The predicted molar refractivity (Wildman–Crippen MR) is 88.9 cm³/mol. The van der Waals surface area contributed by atoms with E-state index in [0.717, 1.165) is 25.7 Å². The molecule has 3 saturated carbocycles. The molecule has 4 nitrogen and oxygen atoms in total. The van der Waals surface area contributed by atoms with Gasteiger partial charge in [-0.25, -0.2) is 0 Å². The molecule has 24 heavy (non-hydrogen) atoms. The highest BCUT2D eigenvalue weighted by Crippen LogP contribution is 2.69. The first kappa shape index (κ1) is 16.4. The molecule has 6 atom stereocenters. The number of carbonyl (C=O) groups excluding carboxylic acids is 2. The molecule has 0 N–H and O–H groups in total. The van der Waals surface area contributed by atoms with Crippen molar-refractivity contribution < 1.29 is 19.1 Å². The van der Waals surface area contributed by atoms with Crippen molar-refractivity contribution in [3.05, 3.63) is 0 Å². The maximum atomic E-state index is 13.1. The molecule has 0 amide bonds. The molecule has 1 saturated heterocycles. The molecule has 134 valence electrons. The first-order valence-corrected chi connectivity index (χ1v) is 9.42. The molecule has 0 radical (unpaired) electrons. The Morgan fingerprint density at radius 1 is 1.25 bits per heavy atom. The van der Waals surface area contributed by atoms with Gasteiger partial charge in [0.25, 0.3) is 0 Å². The number of rotatable bonds is 3. The zero-order chi connectivity index (χ0) is 17.5. The van der Waals surface area contributed by atoms with E-state index >= 15 is 0 Å². The molecule has 3 aliphatic carbocycles. The van der Waals surface area contributed by atoms with Gasteiger partial charge in [0.05, 0.1) is 17.9 Å². The van der Waals surface area contributed by atoms with Crippen LogP contribution in [0.15, 0.2) is 0 Å². The summed E-state index contributed by atoms with van der Waals surface area (Å²) < 4.78 is 11.3. The van der Waals surface area contributed by atoms with E-state index in [2.05, 4.69) is 34.6 Å². The molecule has 6 unspecified atom stereocenters. The quantitative estimate of drug-likeness (QED) is 0.740. The second kappa shape index (κ2) is 4.76. The Bertz CT molecular complexity index is 587. The van der Waals surface area contributed by atoms with Crippen molar-refractivity contribution in [3.63, 3.8) is 0 Å². The first-order valence-electron chi connectivity index (χ1n) is 9.42. The molecular weight excluding hydrogens is 304 g/mol. The van der Waals surface area contributed by atoms with Crippen LogP contribution in [0.25, 0.3) is 0 Å². The van der Waals surface area contributed by atoms with Crippen molar-refractivity contribution >= 4 is 11.9 Å². The lowest BCUT2D eigenvalue weighted by atomic mass is 9.78. The van der Waals surface area contributed by atoms with E-state index < -0.39 is 0 Å². The van der Waals surface area contributed by atoms with Gasteiger partial charge < -0.3 is 9.47 Å². The van der Waals surface area contributed by atoms with Crippen LogP contribution in [0.5, 0.6) is 0 Å². The summed E-state index contributed by atoms with van der Waals surface area (Å²) in [6.45, 7) is 11.5. The Hall–Kier alpha value is -1.06. The number of ether oxygens (including phenoxy) is 2. The average molecular weight is 334 g/mol. The van der Waals surface area contributed by atoms with Crippen molar-refractivity contribution in [2.45, 2.75) is 66.4 Å². The van der Waals surface area contributed by atoms with Crippen molar-refractivity contribution in [2.24, 2.45) is 39.9 Å². The van der Waals surface area contributed by atoms with Gasteiger partial charge in [0.2, 0.25) is 0 Å². The van der Waals surface area contributed by atoms with Gasteiger partial charge in [-0.1, -0.05) is 34.6 Å². The average Bonchev–Trinajstić information content (AvgIpc) is 2.85. The Morgan fingerprint density at radius 3 is 2.50 bits per heavy atom. The summed E-state index contributed by atoms with van der Waals surface area (Å²) in [5.74, 6) is 0.945. The van der Waals surface area contributed by atoms with Gasteiger partial charge in [-0.3, -0.25) is 9.59 Å². The number of hydrogen-bond acceptors (Lipinski definition) is 4. The van der Waals surface area contributed by atoms with E-state index in [1.165, 1.54) is 0 Å². The highest BCUT2D eigenvalue weighted by Gasteiger charge is 2.69. The van der Waals surface area contributed by atoms with Gasteiger partial charge in [-0.2, -0.15) is 0 Å². The molecular formula is C20H30O4. The van der Waals surface area contributed by atoms with E-state index in [1.807, 2.05) is 0 Å². The molecule has 0 spiro atoms. The fourth-order valence-electron chi connectivity index (χ4n) is 6.00. The van der Waals surface area contributed by atoms with Gasteiger partial charge in [-0.15, -0.1) is 0 Å². The number of esters is 2. The third-order valence-corrected chi connectivity index (χ3v) is 7.20. The van der Waals surface area contributed by atoms with E-state index in [9.17, 15) is 9.59 Å². The number of hydrogen-bond donors (Lipinski definition) is 0. The first-order chi connectivity index (χ1) is 11.0. The van der Waals surface area contributed by atoms with Crippen LogP contribution >= 0.6 is 0 Å². The van der Waals surface area contributed by atoms with Crippen LogP contribution in [0.2, 0.25) is 0 Å². The van der Waals surface area contributed by atoms with Crippen molar-refractivity contribution in [3.8, 4) is 0 Å². The van der Waals surface area contributed by atoms with E-state index in [4.69, 9.17) is 9.47 Å². The SMILES string of the molecule is CC(C)(C)CC1(C(=O)OC2CC3CC2C2C(=O)OCC32)CC1(C)C. The highest BCUT2D eigenvalue weighted by molar-refractivity contribution is 5.82.